The highest BCUT2D eigenvalue weighted by Crippen LogP contribution is 2.17. The van der Waals surface area contributed by atoms with Gasteiger partial charge in [-0.25, -0.2) is 0 Å². The number of hydrogen-bond donors (Lipinski definition) is 0. The van der Waals surface area contributed by atoms with Crippen LogP contribution in [0.5, 0.6) is 0 Å². The molecule has 0 spiro atoms. The summed E-state index contributed by atoms with van der Waals surface area (Å²) in [6.07, 6.45) is 4.28. The van der Waals surface area contributed by atoms with E-state index >= 15 is 0 Å². The van der Waals surface area contributed by atoms with Gasteiger partial charge in [0.1, 0.15) is 0 Å². The van der Waals surface area contributed by atoms with Gasteiger partial charge in [-0.3, -0.25) is 0 Å². The predicted octanol–water partition coefficient (Wildman–Crippen LogP) is 4.40. The van der Waals surface area contributed by atoms with Crippen molar-refractivity contribution in [3.05, 3.63) is 34.9 Å². The summed E-state index contributed by atoms with van der Waals surface area (Å²) < 4.78 is 0. The topological polar surface area (TPSA) is 0 Å². The number of aryl methyl sites for hydroxylation is 2. The minimum atomic E-state index is 0.465. The largest absolute Gasteiger partial charge is 0.103 e. The molecule has 0 heterocycles. The second kappa shape index (κ2) is 7.17. The standard InChI is InChI=1S/C17H24/c1-5-8-9-14(4)12-17-13-15(6-2)10-11-16(17)7-3/h10-11,13-14H,5-7,12H2,1-4H3. The van der Waals surface area contributed by atoms with Crippen molar-refractivity contribution in [1.29, 1.82) is 0 Å². The van der Waals surface area contributed by atoms with E-state index in [2.05, 4.69) is 57.7 Å². The van der Waals surface area contributed by atoms with Crippen molar-refractivity contribution >= 4 is 0 Å². The van der Waals surface area contributed by atoms with Gasteiger partial charge >= 0.3 is 0 Å². The molecule has 1 unspecified atom stereocenters. The molecular formula is C17H24. The summed E-state index contributed by atoms with van der Waals surface area (Å²) in [6, 6.07) is 6.90. The smallest absolute Gasteiger partial charge is 0.0215 e. The highest BCUT2D eigenvalue weighted by atomic mass is 14.1. The van der Waals surface area contributed by atoms with Crippen molar-refractivity contribution in [2.45, 2.75) is 53.4 Å². The van der Waals surface area contributed by atoms with Crippen LogP contribution in [0.25, 0.3) is 0 Å². The Bertz CT molecular complexity index is 404. The molecule has 0 saturated heterocycles. The third-order valence-corrected chi connectivity index (χ3v) is 3.11. The fourth-order valence-corrected chi connectivity index (χ4v) is 2.09. The van der Waals surface area contributed by atoms with Gasteiger partial charge in [-0.05, 0) is 36.0 Å². The van der Waals surface area contributed by atoms with Crippen molar-refractivity contribution in [2.75, 3.05) is 0 Å². The van der Waals surface area contributed by atoms with Gasteiger partial charge in [-0.1, -0.05) is 51.8 Å². The Balaban J connectivity index is 2.87. The molecule has 1 rings (SSSR count). The first kappa shape index (κ1) is 13.8. The molecule has 0 radical (unpaired) electrons. The predicted molar refractivity (Wildman–Crippen MR) is 76.1 cm³/mol. The maximum absolute atomic E-state index is 3.32. The van der Waals surface area contributed by atoms with Crippen molar-refractivity contribution in [1.82, 2.24) is 0 Å². The highest BCUT2D eigenvalue weighted by molar-refractivity contribution is 5.33. The van der Waals surface area contributed by atoms with Crippen LogP contribution in [0.3, 0.4) is 0 Å². The molecule has 0 saturated carbocycles. The van der Waals surface area contributed by atoms with Gasteiger partial charge in [0, 0.05) is 12.3 Å². The maximum Gasteiger partial charge on any atom is 0.0215 e. The average molecular weight is 228 g/mol. The van der Waals surface area contributed by atoms with Gasteiger partial charge in [0.05, 0.1) is 0 Å². The molecule has 0 aliphatic carbocycles. The van der Waals surface area contributed by atoms with Gasteiger partial charge in [0.15, 0.2) is 0 Å². The van der Waals surface area contributed by atoms with Crippen molar-refractivity contribution in [3.63, 3.8) is 0 Å². The summed E-state index contributed by atoms with van der Waals surface area (Å²) in [6.45, 7) is 8.77. The van der Waals surface area contributed by atoms with Crippen LogP contribution in [0, 0.1) is 17.8 Å². The summed E-state index contributed by atoms with van der Waals surface area (Å²) >= 11 is 0. The van der Waals surface area contributed by atoms with Crippen LogP contribution < -0.4 is 0 Å². The lowest BCUT2D eigenvalue weighted by atomic mass is 9.93. The maximum atomic E-state index is 3.32. The minimum absolute atomic E-state index is 0.465. The Morgan fingerprint density at radius 3 is 2.41 bits per heavy atom. The second-order valence-electron chi connectivity index (χ2n) is 4.59. The fraction of sp³-hybridized carbons (Fsp3) is 0.529. The molecule has 0 aliphatic rings. The van der Waals surface area contributed by atoms with E-state index in [1.54, 1.807) is 0 Å². The summed E-state index contributed by atoms with van der Waals surface area (Å²) in [4.78, 5) is 0. The van der Waals surface area contributed by atoms with Gasteiger partial charge in [0.25, 0.3) is 0 Å². The first-order chi connectivity index (χ1) is 8.21. The van der Waals surface area contributed by atoms with Crippen molar-refractivity contribution in [2.24, 2.45) is 5.92 Å². The lowest BCUT2D eigenvalue weighted by Crippen LogP contribution is -2.01. The summed E-state index contributed by atoms with van der Waals surface area (Å²) in [5.41, 5.74) is 4.41. The first-order valence-corrected chi connectivity index (χ1v) is 6.80. The molecule has 0 N–H and O–H groups in total. The summed E-state index contributed by atoms with van der Waals surface area (Å²) in [7, 11) is 0. The van der Waals surface area contributed by atoms with E-state index in [-0.39, 0.29) is 0 Å². The van der Waals surface area contributed by atoms with Crippen LogP contribution in [0.1, 0.15) is 50.8 Å². The van der Waals surface area contributed by atoms with Crippen LogP contribution >= 0.6 is 0 Å². The summed E-state index contributed by atoms with van der Waals surface area (Å²) in [5.74, 6) is 6.97. The van der Waals surface area contributed by atoms with E-state index in [0.717, 1.165) is 25.7 Å². The molecule has 0 heteroatoms. The van der Waals surface area contributed by atoms with Crippen LogP contribution in [0.4, 0.5) is 0 Å². The molecular weight excluding hydrogens is 204 g/mol. The zero-order valence-corrected chi connectivity index (χ0v) is 11.6. The molecule has 1 aromatic carbocycles. The molecule has 0 aliphatic heterocycles. The third kappa shape index (κ3) is 4.27. The Morgan fingerprint density at radius 1 is 1.06 bits per heavy atom. The zero-order valence-electron chi connectivity index (χ0n) is 11.6. The average Bonchev–Trinajstić information content (AvgIpc) is 2.36. The molecule has 0 fully saturated rings. The lowest BCUT2D eigenvalue weighted by molar-refractivity contribution is 0.740. The SMILES string of the molecule is CCC#CC(C)Cc1cc(CC)ccc1CC. The van der Waals surface area contributed by atoms with E-state index in [0.29, 0.717) is 5.92 Å². The molecule has 92 valence electrons. The van der Waals surface area contributed by atoms with E-state index < -0.39 is 0 Å². The lowest BCUT2D eigenvalue weighted by Gasteiger charge is -2.11. The van der Waals surface area contributed by atoms with Gasteiger partial charge in [-0.15, -0.1) is 5.92 Å². The van der Waals surface area contributed by atoms with Crippen LogP contribution in [0.2, 0.25) is 0 Å². The van der Waals surface area contributed by atoms with E-state index in [1.165, 1.54) is 16.7 Å². The number of hydrogen-bond acceptors (Lipinski definition) is 0. The molecule has 0 aromatic heterocycles. The van der Waals surface area contributed by atoms with E-state index in [9.17, 15) is 0 Å². The van der Waals surface area contributed by atoms with E-state index in [1.807, 2.05) is 0 Å². The van der Waals surface area contributed by atoms with Gasteiger partial charge in [-0.2, -0.15) is 0 Å². The Kier molecular flexibility index (Phi) is 5.84. The molecule has 0 nitrogen and oxygen atoms in total. The molecule has 1 atom stereocenters. The van der Waals surface area contributed by atoms with Gasteiger partial charge < -0.3 is 0 Å². The highest BCUT2D eigenvalue weighted by Gasteiger charge is 2.05. The zero-order chi connectivity index (χ0) is 12.7. The Morgan fingerprint density at radius 2 is 1.82 bits per heavy atom. The molecule has 0 amide bonds. The summed E-state index contributed by atoms with van der Waals surface area (Å²) in [5, 5.41) is 0. The normalized spacial score (nSPS) is 11.8. The minimum Gasteiger partial charge on any atom is -0.103 e. The Labute approximate surface area is 106 Å². The third-order valence-electron chi connectivity index (χ3n) is 3.11. The molecule has 0 bridgehead atoms. The quantitative estimate of drug-likeness (QED) is 0.670. The second-order valence-corrected chi connectivity index (χ2v) is 4.59. The fourth-order valence-electron chi connectivity index (χ4n) is 2.09. The van der Waals surface area contributed by atoms with E-state index in [4.69, 9.17) is 0 Å². The number of rotatable bonds is 4. The first-order valence-electron chi connectivity index (χ1n) is 6.80. The van der Waals surface area contributed by atoms with Crippen LogP contribution in [-0.2, 0) is 19.3 Å². The molecule has 1 aromatic rings. The van der Waals surface area contributed by atoms with Crippen molar-refractivity contribution in [3.8, 4) is 11.8 Å². The number of benzene rings is 1. The van der Waals surface area contributed by atoms with Crippen LogP contribution in [-0.4, -0.2) is 0 Å². The van der Waals surface area contributed by atoms with Crippen molar-refractivity contribution < 1.29 is 0 Å². The Hall–Kier alpha value is -1.22. The van der Waals surface area contributed by atoms with Crippen LogP contribution in [0.15, 0.2) is 18.2 Å². The monoisotopic (exact) mass is 228 g/mol. The van der Waals surface area contributed by atoms with Gasteiger partial charge in [0.2, 0.25) is 0 Å². The molecule has 17 heavy (non-hydrogen) atoms.